The van der Waals surface area contributed by atoms with Crippen LogP contribution >= 0.6 is 11.6 Å². The molecule has 0 aliphatic heterocycles. The maximum absolute atomic E-state index is 11.7. The second-order valence-electron chi connectivity index (χ2n) is 3.76. The smallest absolute Gasteiger partial charge is 0.232 e. The van der Waals surface area contributed by atoms with Crippen molar-refractivity contribution in [2.45, 2.75) is 19.8 Å². The molecular weight excluding hydrogens is 262 g/mol. The van der Waals surface area contributed by atoms with Gasteiger partial charge in [0.05, 0.1) is 11.4 Å². The van der Waals surface area contributed by atoms with Crippen molar-refractivity contribution in [3.8, 4) is 0 Å². The molecule has 0 spiro atoms. The Kier molecular flexibility index (Phi) is 5.24. The Balaban J connectivity index is 2.73. The topological polar surface area (TPSA) is 66.4 Å². The number of anilines is 1. The van der Waals surface area contributed by atoms with Gasteiger partial charge in [0.1, 0.15) is 0 Å². The predicted octanol–water partition coefficient (Wildman–Crippen LogP) is 2.16. The van der Waals surface area contributed by atoms with Gasteiger partial charge in [-0.25, -0.2) is 8.42 Å². The fourth-order valence-electron chi connectivity index (χ4n) is 1.34. The molecule has 17 heavy (non-hydrogen) atoms. The van der Waals surface area contributed by atoms with Crippen molar-refractivity contribution in [1.29, 1.82) is 0 Å². The van der Waals surface area contributed by atoms with Gasteiger partial charge in [-0.15, -0.1) is 0 Å². The molecule has 2 N–H and O–H groups in total. The molecule has 96 valence electrons. The van der Waals surface area contributed by atoms with Crippen LogP contribution < -0.4 is 4.72 Å². The lowest BCUT2D eigenvalue weighted by Gasteiger charge is -2.11. The third kappa shape index (κ3) is 4.53. The normalized spacial score (nSPS) is 11.5. The molecule has 1 aromatic carbocycles. The Hall–Kier alpha value is -0.780. The average molecular weight is 278 g/mol. The fourth-order valence-corrected chi connectivity index (χ4v) is 2.76. The minimum absolute atomic E-state index is 0.000483. The summed E-state index contributed by atoms with van der Waals surface area (Å²) in [7, 11) is -3.37. The lowest BCUT2D eigenvalue weighted by molar-refractivity contribution is 0.287. The highest BCUT2D eigenvalue weighted by molar-refractivity contribution is 7.92. The first-order valence-corrected chi connectivity index (χ1v) is 7.36. The zero-order valence-corrected chi connectivity index (χ0v) is 11.2. The molecule has 0 saturated heterocycles. The van der Waals surface area contributed by atoms with E-state index in [1.807, 2.05) is 0 Å². The van der Waals surface area contributed by atoms with Crippen LogP contribution in [0.2, 0.25) is 5.02 Å². The third-order valence-corrected chi connectivity index (χ3v) is 4.12. The average Bonchev–Trinajstić information content (AvgIpc) is 2.25. The summed E-state index contributed by atoms with van der Waals surface area (Å²) in [5, 5.41) is 9.13. The van der Waals surface area contributed by atoms with Crippen molar-refractivity contribution in [3.05, 3.63) is 28.8 Å². The Morgan fingerprint density at radius 3 is 2.71 bits per heavy atom. The summed E-state index contributed by atoms with van der Waals surface area (Å²) in [5.41, 5.74) is 1.21. The van der Waals surface area contributed by atoms with Crippen LogP contribution in [0.4, 0.5) is 5.69 Å². The maximum atomic E-state index is 11.7. The Morgan fingerprint density at radius 1 is 1.35 bits per heavy atom. The number of halogens is 1. The predicted molar refractivity (Wildman–Crippen MR) is 69.9 cm³/mol. The molecule has 0 bridgehead atoms. The summed E-state index contributed by atoms with van der Waals surface area (Å²) in [6.07, 6.45) is 0.918. The van der Waals surface area contributed by atoms with Gasteiger partial charge in [0, 0.05) is 11.6 Å². The lowest BCUT2D eigenvalue weighted by atomic mass is 10.2. The molecule has 0 aliphatic carbocycles. The highest BCUT2D eigenvalue weighted by atomic mass is 35.5. The molecule has 0 unspecified atom stereocenters. The monoisotopic (exact) mass is 277 g/mol. The zero-order chi connectivity index (χ0) is 12.9. The maximum Gasteiger partial charge on any atom is 0.232 e. The largest absolute Gasteiger partial charge is 0.396 e. The first-order valence-electron chi connectivity index (χ1n) is 5.33. The van der Waals surface area contributed by atoms with E-state index in [1.165, 1.54) is 0 Å². The van der Waals surface area contributed by atoms with E-state index in [-0.39, 0.29) is 12.4 Å². The molecule has 4 nitrogen and oxygen atoms in total. The molecule has 0 fully saturated rings. The van der Waals surface area contributed by atoms with Gasteiger partial charge in [-0.3, -0.25) is 4.72 Å². The van der Waals surface area contributed by atoms with Gasteiger partial charge in [-0.05, 0) is 37.5 Å². The molecule has 0 radical (unpaired) electrons. The van der Waals surface area contributed by atoms with E-state index in [1.54, 1.807) is 25.1 Å². The van der Waals surface area contributed by atoms with Crippen molar-refractivity contribution in [2.75, 3.05) is 17.1 Å². The van der Waals surface area contributed by atoms with Crippen molar-refractivity contribution in [1.82, 2.24) is 0 Å². The van der Waals surface area contributed by atoms with Crippen molar-refractivity contribution in [2.24, 2.45) is 0 Å². The van der Waals surface area contributed by atoms with Gasteiger partial charge in [-0.2, -0.15) is 0 Å². The Labute approximate surface area is 107 Å². The second kappa shape index (κ2) is 6.23. The summed E-state index contributed by atoms with van der Waals surface area (Å²) in [6, 6.07) is 5.08. The molecule has 0 aliphatic rings. The first kappa shape index (κ1) is 14.3. The minimum atomic E-state index is -3.37. The molecule has 0 atom stereocenters. The second-order valence-corrected chi connectivity index (χ2v) is 6.01. The summed E-state index contributed by atoms with van der Waals surface area (Å²) >= 11 is 5.90. The van der Waals surface area contributed by atoms with E-state index in [0.29, 0.717) is 29.1 Å². The van der Waals surface area contributed by atoms with Gasteiger partial charge in [0.15, 0.2) is 0 Å². The molecule has 0 heterocycles. The first-order chi connectivity index (χ1) is 7.96. The number of nitrogens with one attached hydrogen (secondary N) is 1. The molecular formula is C11H16ClNO3S. The molecule has 1 aromatic rings. The van der Waals surface area contributed by atoms with Crippen molar-refractivity contribution in [3.63, 3.8) is 0 Å². The summed E-state index contributed by atoms with van der Waals surface area (Å²) in [6.45, 7) is 1.76. The highest BCUT2D eigenvalue weighted by Crippen LogP contribution is 2.23. The van der Waals surface area contributed by atoms with Crippen molar-refractivity contribution >= 4 is 27.3 Å². The SMILES string of the molecule is Cc1c(Cl)cccc1NS(=O)(=O)CCCCO. The van der Waals surface area contributed by atoms with Crippen LogP contribution in [-0.4, -0.2) is 25.9 Å². The van der Waals surface area contributed by atoms with Crippen LogP contribution in [0.15, 0.2) is 18.2 Å². The zero-order valence-electron chi connectivity index (χ0n) is 9.61. The van der Waals surface area contributed by atoms with Gasteiger partial charge < -0.3 is 5.11 Å². The molecule has 0 saturated carbocycles. The molecule has 0 aromatic heterocycles. The van der Waals surface area contributed by atoms with E-state index < -0.39 is 10.0 Å². The van der Waals surface area contributed by atoms with E-state index in [4.69, 9.17) is 16.7 Å². The van der Waals surface area contributed by atoms with Gasteiger partial charge in [0.2, 0.25) is 10.0 Å². The van der Waals surface area contributed by atoms with Crippen LogP contribution in [0.3, 0.4) is 0 Å². The molecule has 0 amide bonds. The number of aliphatic hydroxyl groups is 1. The number of unbranched alkanes of at least 4 members (excludes halogenated alkanes) is 1. The summed E-state index contributed by atoms with van der Waals surface area (Å²) < 4.78 is 25.9. The summed E-state index contributed by atoms with van der Waals surface area (Å²) in [5.74, 6) is -0.000483. The number of benzene rings is 1. The molecule has 1 rings (SSSR count). The fraction of sp³-hybridized carbons (Fsp3) is 0.455. The van der Waals surface area contributed by atoms with Gasteiger partial charge in [-0.1, -0.05) is 17.7 Å². The number of hydrogen-bond donors (Lipinski definition) is 2. The van der Waals surface area contributed by atoms with Crippen molar-refractivity contribution < 1.29 is 13.5 Å². The third-order valence-electron chi connectivity index (χ3n) is 2.35. The van der Waals surface area contributed by atoms with Crippen LogP contribution in [0, 0.1) is 6.92 Å². The Morgan fingerprint density at radius 2 is 2.06 bits per heavy atom. The summed E-state index contributed by atoms with van der Waals surface area (Å²) in [4.78, 5) is 0. The van der Waals surface area contributed by atoms with Crippen LogP contribution in [-0.2, 0) is 10.0 Å². The van der Waals surface area contributed by atoms with Crippen LogP contribution in [0.1, 0.15) is 18.4 Å². The number of hydrogen-bond acceptors (Lipinski definition) is 3. The van der Waals surface area contributed by atoms with Crippen LogP contribution in [0.25, 0.3) is 0 Å². The quantitative estimate of drug-likeness (QED) is 0.783. The van der Waals surface area contributed by atoms with Gasteiger partial charge in [0.25, 0.3) is 0 Å². The highest BCUT2D eigenvalue weighted by Gasteiger charge is 2.12. The van der Waals surface area contributed by atoms with Gasteiger partial charge >= 0.3 is 0 Å². The number of rotatable bonds is 6. The van der Waals surface area contributed by atoms with Crippen LogP contribution in [0.5, 0.6) is 0 Å². The number of sulfonamides is 1. The minimum Gasteiger partial charge on any atom is -0.396 e. The lowest BCUT2D eigenvalue weighted by Crippen LogP contribution is -2.17. The Bertz CT molecular complexity index is 474. The van der Waals surface area contributed by atoms with E-state index in [0.717, 1.165) is 0 Å². The number of aliphatic hydroxyl groups excluding tert-OH is 1. The van der Waals surface area contributed by atoms with E-state index >= 15 is 0 Å². The van der Waals surface area contributed by atoms with E-state index in [9.17, 15) is 8.42 Å². The standard InChI is InChI=1S/C11H16ClNO3S/c1-9-10(12)5-4-6-11(9)13-17(15,16)8-3-2-7-14/h4-6,13-14H,2-3,7-8H2,1H3. The van der Waals surface area contributed by atoms with E-state index in [2.05, 4.69) is 4.72 Å². The molecule has 6 heteroatoms.